The number of morpholine rings is 1. The van der Waals surface area contributed by atoms with E-state index in [1.807, 2.05) is 22.8 Å². The number of ether oxygens (including phenoxy) is 1. The number of hydrogen-bond acceptors (Lipinski definition) is 7. The molecular formula is C28H35N7O2. The van der Waals surface area contributed by atoms with Crippen molar-refractivity contribution in [3.8, 4) is 5.82 Å². The first-order valence-corrected chi connectivity index (χ1v) is 13.0. The molecule has 3 heterocycles. The molecule has 9 nitrogen and oxygen atoms in total. The van der Waals surface area contributed by atoms with Crippen LogP contribution in [0, 0.1) is 5.41 Å². The quantitative estimate of drug-likeness (QED) is 0.433. The Morgan fingerprint density at radius 1 is 1.22 bits per heavy atom. The van der Waals surface area contributed by atoms with Gasteiger partial charge in [0, 0.05) is 36.7 Å². The summed E-state index contributed by atoms with van der Waals surface area (Å²) in [6, 6.07) is 5.74. The molecule has 1 fully saturated rings. The number of carbonyl (C=O) groups is 1. The van der Waals surface area contributed by atoms with E-state index in [0.717, 1.165) is 56.7 Å². The summed E-state index contributed by atoms with van der Waals surface area (Å²) < 4.78 is 7.28. The van der Waals surface area contributed by atoms with Crippen LogP contribution >= 0.6 is 0 Å². The number of rotatable bonds is 9. The van der Waals surface area contributed by atoms with Crippen molar-refractivity contribution in [1.29, 1.82) is 0 Å². The minimum absolute atomic E-state index is 0.00756. The maximum atomic E-state index is 12.7. The third-order valence-electron chi connectivity index (χ3n) is 7.35. The van der Waals surface area contributed by atoms with E-state index in [1.165, 1.54) is 0 Å². The molecule has 0 radical (unpaired) electrons. The molecule has 2 N–H and O–H groups in total. The van der Waals surface area contributed by atoms with Crippen LogP contribution in [0.4, 0.5) is 5.82 Å². The molecule has 1 saturated heterocycles. The van der Waals surface area contributed by atoms with Crippen LogP contribution in [0.5, 0.6) is 0 Å². The van der Waals surface area contributed by atoms with Crippen molar-refractivity contribution in [2.24, 2.45) is 5.41 Å². The number of nitrogens with one attached hydrogen (secondary N) is 2. The maximum Gasteiger partial charge on any atom is 0.251 e. The predicted octanol–water partition coefficient (Wildman–Crippen LogP) is 3.59. The number of nitrogens with zero attached hydrogens (tertiary/aromatic N) is 5. The molecule has 1 unspecified atom stereocenters. The van der Waals surface area contributed by atoms with Gasteiger partial charge in [0.2, 0.25) is 0 Å². The molecule has 0 spiro atoms. The number of anilines is 1. The highest BCUT2D eigenvalue weighted by Crippen LogP contribution is 2.32. The molecule has 1 aliphatic heterocycles. The van der Waals surface area contributed by atoms with Gasteiger partial charge < -0.3 is 15.4 Å². The second-order valence-corrected chi connectivity index (χ2v) is 10.0. The molecule has 0 bridgehead atoms. The number of allylic oxidation sites excluding steroid dienone is 3. The summed E-state index contributed by atoms with van der Waals surface area (Å²) in [6.45, 7) is 9.52. The molecule has 9 heteroatoms. The van der Waals surface area contributed by atoms with Crippen molar-refractivity contribution in [1.82, 2.24) is 29.7 Å². The highest BCUT2D eigenvalue weighted by Gasteiger charge is 2.28. The summed E-state index contributed by atoms with van der Waals surface area (Å²) >= 11 is 0. The number of benzene rings is 1. The van der Waals surface area contributed by atoms with Gasteiger partial charge in [0.05, 0.1) is 36.6 Å². The van der Waals surface area contributed by atoms with Gasteiger partial charge in [-0.25, -0.2) is 9.97 Å². The highest BCUT2D eigenvalue weighted by atomic mass is 16.5. The normalized spacial score (nSPS) is 20.7. The topological polar surface area (TPSA) is 97.2 Å². The van der Waals surface area contributed by atoms with Crippen molar-refractivity contribution >= 4 is 22.8 Å². The van der Waals surface area contributed by atoms with Gasteiger partial charge in [-0.1, -0.05) is 31.2 Å². The molecule has 1 aromatic carbocycles. The Hall–Kier alpha value is -3.56. The lowest BCUT2D eigenvalue weighted by molar-refractivity contribution is 0.0374. The van der Waals surface area contributed by atoms with E-state index in [0.29, 0.717) is 23.7 Å². The molecule has 2 atom stereocenters. The zero-order chi connectivity index (χ0) is 25.7. The molecule has 1 amide bonds. The van der Waals surface area contributed by atoms with Gasteiger partial charge in [0.15, 0.2) is 5.82 Å². The smallest absolute Gasteiger partial charge is 0.251 e. The van der Waals surface area contributed by atoms with Crippen LogP contribution in [0.25, 0.3) is 16.9 Å². The van der Waals surface area contributed by atoms with Crippen LogP contribution in [-0.4, -0.2) is 75.8 Å². The van der Waals surface area contributed by atoms with Gasteiger partial charge >= 0.3 is 0 Å². The van der Waals surface area contributed by atoms with Crippen LogP contribution in [0.15, 0.2) is 61.2 Å². The fraction of sp³-hybridized carbons (Fsp3) is 0.429. The van der Waals surface area contributed by atoms with Crippen molar-refractivity contribution in [2.45, 2.75) is 32.7 Å². The highest BCUT2D eigenvalue weighted by molar-refractivity contribution is 5.97. The standard InChI is InChI=1S/C28H35N7O2/c1-21(28(2)9-4-3-5-10-28)32-25-18-29-19-26(33-25)35-20-31-23-17-22(7-8-24(23)35)27(36)30-11-6-12-34-13-15-37-16-14-34/h3-5,7-9,17-21H,6,10-16H2,1-2H3,(H,30,36)(H,32,33)/t21-,28?/m0/s1. The summed E-state index contributed by atoms with van der Waals surface area (Å²) in [5, 5.41) is 6.54. The Kier molecular flexibility index (Phi) is 7.62. The first-order chi connectivity index (χ1) is 18.0. The molecule has 0 saturated carbocycles. The molecule has 2 aromatic heterocycles. The van der Waals surface area contributed by atoms with Gasteiger partial charge in [-0.05, 0) is 44.5 Å². The minimum atomic E-state index is -0.0847. The monoisotopic (exact) mass is 501 g/mol. The summed E-state index contributed by atoms with van der Waals surface area (Å²) in [7, 11) is 0. The Balaban J connectivity index is 1.22. The van der Waals surface area contributed by atoms with Crippen molar-refractivity contribution in [2.75, 3.05) is 44.7 Å². The van der Waals surface area contributed by atoms with Gasteiger partial charge in [-0.2, -0.15) is 0 Å². The van der Waals surface area contributed by atoms with Crippen molar-refractivity contribution in [3.63, 3.8) is 0 Å². The van der Waals surface area contributed by atoms with Crippen LogP contribution in [0.3, 0.4) is 0 Å². The van der Waals surface area contributed by atoms with Gasteiger partial charge in [0.1, 0.15) is 12.1 Å². The second-order valence-electron chi connectivity index (χ2n) is 10.0. The van der Waals surface area contributed by atoms with Gasteiger partial charge in [-0.15, -0.1) is 0 Å². The Labute approximate surface area is 217 Å². The summed E-state index contributed by atoms with van der Waals surface area (Å²) in [5.74, 6) is 1.30. The average Bonchev–Trinajstić information content (AvgIpc) is 3.35. The first-order valence-electron chi connectivity index (χ1n) is 13.0. The van der Waals surface area contributed by atoms with E-state index < -0.39 is 0 Å². The number of carbonyl (C=O) groups excluding carboxylic acids is 1. The van der Waals surface area contributed by atoms with E-state index in [-0.39, 0.29) is 17.4 Å². The van der Waals surface area contributed by atoms with E-state index >= 15 is 0 Å². The third-order valence-corrected chi connectivity index (χ3v) is 7.35. The molecular weight excluding hydrogens is 466 g/mol. The third kappa shape index (κ3) is 5.89. The minimum Gasteiger partial charge on any atom is -0.379 e. The second kappa shape index (κ2) is 11.2. The maximum absolute atomic E-state index is 12.7. The number of amides is 1. The lowest BCUT2D eigenvalue weighted by atomic mass is 9.78. The fourth-order valence-corrected chi connectivity index (χ4v) is 4.76. The molecule has 37 heavy (non-hydrogen) atoms. The summed E-state index contributed by atoms with van der Waals surface area (Å²) in [6.07, 6.45) is 15.7. The SMILES string of the molecule is C[C@H](Nc1cncc(-n2cnc3cc(C(=O)NCCCN4CCOCC4)ccc32)n1)C1(C)C=CC=CC1. The largest absolute Gasteiger partial charge is 0.379 e. The Morgan fingerprint density at radius 2 is 2.08 bits per heavy atom. The Morgan fingerprint density at radius 3 is 2.89 bits per heavy atom. The average molecular weight is 502 g/mol. The number of imidazole rings is 1. The summed E-state index contributed by atoms with van der Waals surface area (Å²) in [5.41, 5.74) is 2.22. The lowest BCUT2D eigenvalue weighted by Crippen LogP contribution is -2.38. The molecule has 5 rings (SSSR count). The van der Waals surface area contributed by atoms with E-state index in [4.69, 9.17) is 9.72 Å². The number of fused-ring (bicyclic) bond motifs is 1. The number of hydrogen-bond donors (Lipinski definition) is 2. The summed E-state index contributed by atoms with van der Waals surface area (Å²) in [4.78, 5) is 28.8. The molecule has 194 valence electrons. The van der Waals surface area contributed by atoms with Crippen molar-refractivity contribution in [3.05, 3.63) is 66.8 Å². The van der Waals surface area contributed by atoms with Crippen LogP contribution in [-0.2, 0) is 4.74 Å². The fourth-order valence-electron chi connectivity index (χ4n) is 4.76. The predicted molar refractivity (Wildman–Crippen MR) is 145 cm³/mol. The van der Waals surface area contributed by atoms with Crippen LogP contribution < -0.4 is 10.6 Å². The zero-order valence-corrected chi connectivity index (χ0v) is 21.6. The molecule has 3 aromatic rings. The van der Waals surface area contributed by atoms with Gasteiger partial charge in [0.25, 0.3) is 5.91 Å². The lowest BCUT2D eigenvalue weighted by Gasteiger charge is -2.34. The molecule has 1 aliphatic carbocycles. The van der Waals surface area contributed by atoms with Crippen LogP contribution in [0.2, 0.25) is 0 Å². The Bertz CT molecular complexity index is 1290. The van der Waals surface area contributed by atoms with Crippen LogP contribution in [0.1, 0.15) is 37.0 Å². The number of aromatic nitrogens is 4. The van der Waals surface area contributed by atoms with E-state index in [1.54, 1.807) is 18.7 Å². The van der Waals surface area contributed by atoms with E-state index in [9.17, 15) is 4.79 Å². The molecule has 2 aliphatic rings. The van der Waals surface area contributed by atoms with Gasteiger partial charge in [-0.3, -0.25) is 19.2 Å². The first kappa shape index (κ1) is 25.1. The van der Waals surface area contributed by atoms with Crippen molar-refractivity contribution < 1.29 is 9.53 Å². The van der Waals surface area contributed by atoms with E-state index in [2.05, 4.69) is 63.7 Å². The zero-order valence-electron chi connectivity index (χ0n) is 21.6.